The van der Waals surface area contributed by atoms with Gasteiger partial charge in [-0.15, -0.1) is 11.3 Å². The Balaban J connectivity index is 0.000000531. The highest BCUT2D eigenvalue weighted by atomic mass is 32.1. The van der Waals surface area contributed by atoms with Gasteiger partial charge in [-0.05, 0) is 43.7 Å². The molecular weight excluding hydrogens is 202 g/mol. The lowest BCUT2D eigenvalue weighted by Gasteiger charge is -2.00. The molecule has 15 heavy (non-hydrogen) atoms. The van der Waals surface area contributed by atoms with Crippen LogP contribution >= 0.6 is 11.3 Å². The summed E-state index contributed by atoms with van der Waals surface area (Å²) in [5.74, 6) is 0. The molecule has 1 aromatic rings. The third kappa shape index (κ3) is 2.75. The largest absolute Gasteiger partial charge is 0.380 e. The summed E-state index contributed by atoms with van der Waals surface area (Å²) in [4.78, 5) is 1.64. The second kappa shape index (κ2) is 6.16. The Labute approximate surface area is 97.9 Å². The molecule has 0 aromatic carbocycles. The molecular formula is C13H23NS. The molecule has 0 unspecified atom stereocenters. The van der Waals surface area contributed by atoms with E-state index in [9.17, 15) is 0 Å². The van der Waals surface area contributed by atoms with Crippen LogP contribution in [0.5, 0.6) is 0 Å². The number of thiophene rings is 1. The van der Waals surface area contributed by atoms with Crippen LogP contribution in [0.15, 0.2) is 0 Å². The van der Waals surface area contributed by atoms with Crippen molar-refractivity contribution >= 4 is 16.3 Å². The molecule has 1 aliphatic rings. The van der Waals surface area contributed by atoms with Crippen LogP contribution in [-0.2, 0) is 12.8 Å². The Morgan fingerprint density at radius 3 is 2.40 bits per heavy atom. The van der Waals surface area contributed by atoms with Crippen LogP contribution < -0.4 is 5.32 Å². The van der Waals surface area contributed by atoms with E-state index in [0.29, 0.717) is 0 Å². The van der Waals surface area contributed by atoms with E-state index < -0.39 is 0 Å². The van der Waals surface area contributed by atoms with Gasteiger partial charge in [0, 0.05) is 11.9 Å². The molecule has 0 amide bonds. The van der Waals surface area contributed by atoms with Crippen molar-refractivity contribution in [3.05, 3.63) is 16.0 Å². The average Bonchev–Trinajstić information content (AvgIpc) is 2.47. The van der Waals surface area contributed by atoms with Crippen molar-refractivity contribution in [1.29, 1.82) is 0 Å². The lowest BCUT2D eigenvalue weighted by atomic mass is 10.1. The molecule has 0 fully saturated rings. The van der Waals surface area contributed by atoms with Gasteiger partial charge in [-0.1, -0.05) is 20.3 Å². The van der Waals surface area contributed by atoms with Gasteiger partial charge in [0.1, 0.15) is 0 Å². The summed E-state index contributed by atoms with van der Waals surface area (Å²) < 4.78 is 0. The van der Waals surface area contributed by atoms with Gasteiger partial charge in [0.25, 0.3) is 0 Å². The van der Waals surface area contributed by atoms with Crippen LogP contribution in [0.1, 0.15) is 49.1 Å². The van der Waals surface area contributed by atoms with E-state index in [1.807, 2.05) is 32.2 Å². The maximum Gasteiger partial charge on any atom is 0.0915 e. The highest BCUT2D eigenvalue weighted by Gasteiger charge is 2.15. The molecule has 0 saturated heterocycles. The fraction of sp³-hybridized carbons (Fsp3) is 0.692. The maximum atomic E-state index is 3.29. The maximum absolute atomic E-state index is 3.29. The highest BCUT2D eigenvalue weighted by molar-refractivity contribution is 7.16. The van der Waals surface area contributed by atoms with Gasteiger partial charge >= 0.3 is 0 Å². The average molecular weight is 225 g/mol. The van der Waals surface area contributed by atoms with Gasteiger partial charge in [0.2, 0.25) is 0 Å². The Morgan fingerprint density at radius 1 is 1.07 bits per heavy atom. The summed E-state index contributed by atoms with van der Waals surface area (Å²) in [5, 5.41) is 4.67. The van der Waals surface area contributed by atoms with E-state index >= 15 is 0 Å². The van der Waals surface area contributed by atoms with Gasteiger partial charge in [-0.2, -0.15) is 0 Å². The van der Waals surface area contributed by atoms with E-state index in [2.05, 4.69) is 12.2 Å². The first-order chi connectivity index (χ1) is 7.33. The normalized spacial score (nSPS) is 14.7. The van der Waals surface area contributed by atoms with Crippen molar-refractivity contribution in [3.8, 4) is 0 Å². The molecule has 0 atom stereocenters. The Kier molecular flexibility index (Phi) is 5.16. The van der Waals surface area contributed by atoms with Crippen molar-refractivity contribution in [1.82, 2.24) is 0 Å². The van der Waals surface area contributed by atoms with E-state index in [1.165, 1.54) is 42.7 Å². The SMILES string of the molecule is CC.CNc1sc2c(c1C)CCCCC2. The molecule has 1 aliphatic carbocycles. The minimum atomic E-state index is 1.30. The first kappa shape index (κ1) is 12.6. The number of rotatable bonds is 1. The number of aryl methyl sites for hydroxylation is 1. The summed E-state index contributed by atoms with van der Waals surface area (Å²) in [5.41, 5.74) is 3.15. The fourth-order valence-electron chi connectivity index (χ4n) is 2.14. The molecule has 1 aromatic heterocycles. The first-order valence-corrected chi connectivity index (χ1v) is 6.93. The molecule has 0 saturated carbocycles. The smallest absolute Gasteiger partial charge is 0.0915 e. The van der Waals surface area contributed by atoms with Gasteiger partial charge < -0.3 is 5.32 Å². The minimum absolute atomic E-state index is 1.30. The molecule has 2 rings (SSSR count). The van der Waals surface area contributed by atoms with Gasteiger partial charge in [-0.25, -0.2) is 0 Å². The summed E-state index contributed by atoms with van der Waals surface area (Å²) >= 11 is 1.96. The number of hydrogen-bond acceptors (Lipinski definition) is 2. The third-order valence-corrected chi connectivity index (χ3v) is 4.32. The van der Waals surface area contributed by atoms with Crippen LogP contribution in [0.25, 0.3) is 0 Å². The number of anilines is 1. The molecule has 1 heterocycles. The standard InChI is InChI=1S/C11H17NS.C2H6/c1-8-9-6-4-3-5-7-10(9)13-11(8)12-2;1-2/h12H,3-7H2,1-2H3;1-2H3. The van der Waals surface area contributed by atoms with Crippen molar-refractivity contribution in [2.45, 2.75) is 52.9 Å². The quantitative estimate of drug-likeness (QED) is 0.699. The Bertz CT molecular complexity index is 302. The topological polar surface area (TPSA) is 12.0 Å². The van der Waals surface area contributed by atoms with Crippen LogP contribution in [0, 0.1) is 6.92 Å². The van der Waals surface area contributed by atoms with Crippen molar-refractivity contribution in [3.63, 3.8) is 0 Å². The fourth-order valence-corrected chi connectivity index (χ4v) is 3.39. The molecule has 1 nitrogen and oxygen atoms in total. The van der Waals surface area contributed by atoms with E-state index in [4.69, 9.17) is 0 Å². The van der Waals surface area contributed by atoms with Crippen molar-refractivity contribution < 1.29 is 0 Å². The van der Waals surface area contributed by atoms with Crippen LogP contribution in [0.3, 0.4) is 0 Å². The highest BCUT2D eigenvalue weighted by Crippen LogP contribution is 2.36. The number of nitrogens with one attached hydrogen (secondary N) is 1. The number of hydrogen-bond donors (Lipinski definition) is 1. The van der Waals surface area contributed by atoms with E-state index in [1.54, 1.807) is 10.4 Å². The molecule has 0 bridgehead atoms. The van der Waals surface area contributed by atoms with Gasteiger partial charge in [-0.3, -0.25) is 0 Å². The second-order valence-corrected chi connectivity index (χ2v) is 4.87. The molecule has 0 radical (unpaired) electrons. The molecule has 0 aliphatic heterocycles. The van der Waals surface area contributed by atoms with Crippen molar-refractivity contribution in [2.24, 2.45) is 0 Å². The summed E-state index contributed by atoms with van der Waals surface area (Å²) in [6.45, 7) is 6.26. The van der Waals surface area contributed by atoms with Gasteiger partial charge in [0.05, 0.1) is 5.00 Å². The first-order valence-electron chi connectivity index (χ1n) is 6.12. The lowest BCUT2D eigenvalue weighted by molar-refractivity contribution is 0.712. The predicted octanol–water partition coefficient (Wildman–Crippen LogP) is 4.39. The third-order valence-electron chi connectivity index (χ3n) is 2.91. The lowest BCUT2D eigenvalue weighted by Crippen LogP contribution is -1.89. The van der Waals surface area contributed by atoms with E-state index in [-0.39, 0.29) is 0 Å². The monoisotopic (exact) mass is 225 g/mol. The molecule has 2 heteroatoms. The molecule has 1 N–H and O–H groups in total. The Morgan fingerprint density at radius 2 is 1.73 bits per heavy atom. The van der Waals surface area contributed by atoms with Crippen LogP contribution in [0.2, 0.25) is 0 Å². The zero-order chi connectivity index (χ0) is 11.3. The minimum Gasteiger partial charge on any atom is -0.380 e. The van der Waals surface area contributed by atoms with E-state index in [0.717, 1.165) is 0 Å². The zero-order valence-electron chi connectivity index (χ0n) is 10.4. The summed E-state index contributed by atoms with van der Waals surface area (Å²) in [6.07, 6.45) is 6.79. The summed E-state index contributed by atoms with van der Waals surface area (Å²) in [6, 6.07) is 0. The molecule has 86 valence electrons. The predicted molar refractivity (Wildman–Crippen MR) is 71.2 cm³/mol. The van der Waals surface area contributed by atoms with Crippen molar-refractivity contribution in [2.75, 3.05) is 12.4 Å². The van der Waals surface area contributed by atoms with Gasteiger partial charge in [0.15, 0.2) is 0 Å². The van der Waals surface area contributed by atoms with Crippen LogP contribution in [-0.4, -0.2) is 7.05 Å². The second-order valence-electron chi connectivity index (χ2n) is 3.77. The number of fused-ring (bicyclic) bond motifs is 1. The van der Waals surface area contributed by atoms with Crippen LogP contribution in [0.4, 0.5) is 5.00 Å². The summed E-state index contributed by atoms with van der Waals surface area (Å²) in [7, 11) is 2.03. The Hall–Kier alpha value is -0.500. The molecule has 0 spiro atoms. The zero-order valence-corrected chi connectivity index (χ0v) is 11.3.